The number of fused-ring (bicyclic) bond motifs is 1. The number of halogens is 1. The summed E-state index contributed by atoms with van der Waals surface area (Å²) in [6.07, 6.45) is 0.903. The Hall–Kier alpha value is -0.770. The van der Waals surface area contributed by atoms with Gasteiger partial charge in [0.25, 0.3) is 0 Å². The van der Waals surface area contributed by atoms with Crippen LogP contribution in [0.25, 0.3) is 0 Å². The maximum atomic E-state index is 6.05. The quantitative estimate of drug-likeness (QED) is 0.775. The summed E-state index contributed by atoms with van der Waals surface area (Å²) < 4.78 is 5.39. The van der Waals surface area contributed by atoms with Gasteiger partial charge in [-0.05, 0) is 17.2 Å². The molecular weight excluding hydrogens is 200 g/mol. The zero-order valence-corrected chi connectivity index (χ0v) is 8.55. The smallest absolute Gasteiger partial charge is 0.141 e. The van der Waals surface area contributed by atoms with E-state index in [-0.39, 0.29) is 6.04 Å². The van der Waals surface area contributed by atoms with Gasteiger partial charge >= 0.3 is 0 Å². The van der Waals surface area contributed by atoms with Gasteiger partial charge in [0.15, 0.2) is 0 Å². The van der Waals surface area contributed by atoms with Crippen molar-refractivity contribution in [3.05, 3.63) is 28.3 Å². The summed E-state index contributed by atoms with van der Waals surface area (Å²) in [5.74, 6) is 0.805. The van der Waals surface area contributed by atoms with Crippen LogP contribution < -0.4 is 16.2 Å². The number of hydrogen-bond donors (Lipinski definition) is 2. The third-order valence-electron chi connectivity index (χ3n) is 2.44. The van der Waals surface area contributed by atoms with E-state index in [1.54, 1.807) is 0 Å². The molecule has 0 unspecified atom stereocenters. The van der Waals surface area contributed by atoms with E-state index < -0.39 is 0 Å². The van der Waals surface area contributed by atoms with Crippen LogP contribution in [0.3, 0.4) is 0 Å². The van der Waals surface area contributed by atoms with Gasteiger partial charge in [-0.25, -0.2) is 0 Å². The van der Waals surface area contributed by atoms with Crippen molar-refractivity contribution in [3.8, 4) is 5.75 Å². The first-order valence-electron chi connectivity index (χ1n) is 4.63. The molecule has 0 aromatic heterocycles. The molecule has 4 N–H and O–H groups in total. The van der Waals surface area contributed by atoms with E-state index in [2.05, 4.69) is 0 Å². The summed E-state index contributed by atoms with van der Waals surface area (Å²) in [6.45, 7) is 1.13. The molecule has 0 amide bonds. The average molecular weight is 213 g/mol. The molecule has 14 heavy (non-hydrogen) atoms. The van der Waals surface area contributed by atoms with Crippen LogP contribution in [-0.4, -0.2) is 13.2 Å². The van der Waals surface area contributed by atoms with E-state index in [1.165, 1.54) is 0 Å². The van der Waals surface area contributed by atoms with E-state index in [4.69, 9.17) is 27.8 Å². The molecule has 76 valence electrons. The van der Waals surface area contributed by atoms with E-state index >= 15 is 0 Å². The predicted octanol–water partition coefficient (Wildman–Crippen LogP) is 1.23. The van der Waals surface area contributed by atoms with Gasteiger partial charge in [-0.15, -0.1) is 0 Å². The fraction of sp³-hybridized carbons (Fsp3) is 0.400. The van der Waals surface area contributed by atoms with Crippen molar-refractivity contribution in [3.63, 3.8) is 0 Å². The largest absolute Gasteiger partial charge is 0.491 e. The molecule has 0 bridgehead atoms. The lowest BCUT2D eigenvalue weighted by atomic mass is 10.0. The van der Waals surface area contributed by atoms with E-state index in [9.17, 15) is 0 Å². The molecule has 0 fully saturated rings. The van der Waals surface area contributed by atoms with Crippen molar-refractivity contribution in [2.75, 3.05) is 13.2 Å². The van der Waals surface area contributed by atoms with Crippen LogP contribution in [0.4, 0.5) is 0 Å². The lowest BCUT2D eigenvalue weighted by molar-refractivity contribution is 0.357. The molecule has 1 atom stereocenters. The maximum absolute atomic E-state index is 6.05. The molecule has 3 nitrogen and oxygen atoms in total. The van der Waals surface area contributed by atoms with E-state index in [1.807, 2.05) is 12.1 Å². The van der Waals surface area contributed by atoms with Crippen molar-refractivity contribution < 1.29 is 4.74 Å². The first kappa shape index (κ1) is 9.77. The van der Waals surface area contributed by atoms with Crippen LogP contribution in [0.2, 0.25) is 5.02 Å². The van der Waals surface area contributed by atoms with Gasteiger partial charge in [0.05, 0.1) is 11.6 Å². The highest BCUT2D eigenvalue weighted by molar-refractivity contribution is 6.32. The number of benzene rings is 1. The van der Waals surface area contributed by atoms with Crippen molar-refractivity contribution in [2.45, 2.75) is 12.5 Å². The molecule has 0 radical (unpaired) electrons. The first-order chi connectivity index (χ1) is 6.72. The molecular formula is C10H13ClN2O. The molecule has 1 aromatic carbocycles. The van der Waals surface area contributed by atoms with Crippen molar-refractivity contribution in [2.24, 2.45) is 11.5 Å². The van der Waals surface area contributed by atoms with Gasteiger partial charge in [-0.1, -0.05) is 17.7 Å². The fourth-order valence-corrected chi connectivity index (χ4v) is 1.94. The Bertz CT molecular complexity index is 354. The zero-order valence-electron chi connectivity index (χ0n) is 7.79. The Morgan fingerprint density at radius 3 is 3.00 bits per heavy atom. The van der Waals surface area contributed by atoms with Crippen molar-refractivity contribution in [1.82, 2.24) is 0 Å². The summed E-state index contributed by atoms with van der Waals surface area (Å²) in [5.41, 5.74) is 13.5. The summed E-state index contributed by atoms with van der Waals surface area (Å²) in [7, 11) is 0. The molecule has 0 spiro atoms. The molecule has 1 aromatic rings. The van der Waals surface area contributed by atoms with Crippen molar-refractivity contribution >= 4 is 11.6 Å². The second-order valence-corrected chi connectivity index (χ2v) is 3.84. The molecule has 1 aliphatic rings. The maximum Gasteiger partial charge on any atom is 0.141 e. The Labute approximate surface area is 88.0 Å². The van der Waals surface area contributed by atoms with Gasteiger partial charge in [0.1, 0.15) is 5.75 Å². The summed E-state index contributed by atoms with van der Waals surface area (Å²) >= 11 is 6.05. The molecule has 1 aliphatic heterocycles. The molecule has 0 aliphatic carbocycles. The Morgan fingerprint density at radius 1 is 1.50 bits per heavy atom. The van der Waals surface area contributed by atoms with Crippen LogP contribution in [0, 0.1) is 0 Å². The average Bonchev–Trinajstić information content (AvgIpc) is 2.64. The summed E-state index contributed by atoms with van der Waals surface area (Å²) in [6, 6.07) is 3.73. The number of ether oxygens (including phenoxy) is 1. The molecule has 1 heterocycles. The highest BCUT2D eigenvalue weighted by Crippen LogP contribution is 2.35. The van der Waals surface area contributed by atoms with Crippen molar-refractivity contribution in [1.29, 1.82) is 0 Å². The number of rotatable bonds is 2. The second kappa shape index (κ2) is 3.77. The molecule has 0 saturated carbocycles. The standard InChI is InChI=1S/C10H13ClN2O/c11-8-4-7(9(13)5-12)3-6-1-2-14-10(6)8/h3-4,9H,1-2,5,12-13H2/t9-/m0/s1. The summed E-state index contributed by atoms with van der Waals surface area (Å²) in [5, 5.41) is 0.638. The topological polar surface area (TPSA) is 61.3 Å². The highest BCUT2D eigenvalue weighted by Gasteiger charge is 2.18. The molecule has 2 rings (SSSR count). The van der Waals surface area contributed by atoms with Gasteiger partial charge in [-0.3, -0.25) is 0 Å². The van der Waals surface area contributed by atoms with Crippen LogP contribution in [0.15, 0.2) is 12.1 Å². The third kappa shape index (κ3) is 1.59. The summed E-state index contributed by atoms with van der Waals surface area (Å²) in [4.78, 5) is 0. The predicted molar refractivity (Wildman–Crippen MR) is 56.6 cm³/mol. The highest BCUT2D eigenvalue weighted by atomic mass is 35.5. The van der Waals surface area contributed by atoms with E-state index in [0.717, 1.165) is 23.3 Å². The third-order valence-corrected chi connectivity index (χ3v) is 2.72. The van der Waals surface area contributed by atoms with Gasteiger partial charge in [0.2, 0.25) is 0 Å². The lowest BCUT2D eigenvalue weighted by Crippen LogP contribution is -2.20. The second-order valence-electron chi connectivity index (χ2n) is 3.43. The Kier molecular flexibility index (Phi) is 2.63. The van der Waals surface area contributed by atoms with Gasteiger partial charge in [-0.2, -0.15) is 0 Å². The Balaban J connectivity index is 2.41. The van der Waals surface area contributed by atoms with Crippen LogP contribution in [0.1, 0.15) is 17.2 Å². The molecule has 0 saturated heterocycles. The van der Waals surface area contributed by atoms with Gasteiger partial charge < -0.3 is 16.2 Å². The Morgan fingerprint density at radius 2 is 2.29 bits per heavy atom. The van der Waals surface area contributed by atoms with Crippen LogP contribution in [0.5, 0.6) is 5.75 Å². The SMILES string of the molecule is NC[C@H](N)c1cc(Cl)c2c(c1)CCO2. The minimum Gasteiger partial charge on any atom is -0.491 e. The van der Waals surface area contributed by atoms with Crippen LogP contribution >= 0.6 is 11.6 Å². The monoisotopic (exact) mass is 212 g/mol. The minimum absolute atomic E-state index is 0.140. The lowest BCUT2D eigenvalue weighted by Gasteiger charge is -2.11. The molecule has 4 heteroatoms. The number of nitrogens with two attached hydrogens (primary N) is 2. The zero-order chi connectivity index (χ0) is 10.1. The van der Waals surface area contributed by atoms with Gasteiger partial charge in [0, 0.05) is 19.0 Å². The van der Waals surface area contributed by atoms with Crippen LogP contribution in [-0.2, 0) is 6.42 Å². The number of hydrogen-bond acceptors (Lipinski definition) is 3. The minimum atomic E-state index is -0.140. The van der Waals surface area contributed by atoms with E-state index in [0.29, 0.717) is 18.2 Å². The fourth-order valence-electron chi connectivity index (χ4n) is 1.63. The first-order valence-corrected chi connectivity index (χ1v) is 5.01. The normalized spacial score (nSPS) is 16.2.